The minimum atomic E-state index is -1.21. The third-order valence-electron chi connectivity index (χ3n) is 6.37. The molecule has 1 unspecified atom stereocenters. The van der Waals surface area contributed by atoms with Crippen molar-refractivity contribution in [3.8, 4) is 0 Å². The van der Waals surface area contributed by atoms with E-state index < -0.39 is 17.4 Å². The number of aromatic nitrogens is 3. The summed E-state index contributed by atoms with van der Waals surface area (Å²) in [5.41, 5.74) is 7.25. The first-order valence-electron chi connectivity index (χ1n) is 10.5. The first kappa shape index (κ1) is 21.0. The molecule has 0 aliphatic carbocycles. The van der Waals surface area contributed by atoms with E-state index in [0.717, 1.165) is 16.6 Å². The maximum absolute atomic E-state index is 14.1. The number of carbonyl (C=O) groups excluding carboxylic acids is 2. The van der Waals surface area contributed by atoms with Crippen LogP contribution in [0.2, 0.25) is 0 Å². The molecule has 0 saturated carbocycles. The van der Waals surface area contributed by atoms with E-state index >= 15 is 0 Å². The predicted octanol–water partition coefficient (Wildman–Crippen LogP) is 2.32. The summed E-state index contributed by atoms with van der Waals surface area (Å²) in [6, 6.07) is 11.3. The quantitative estimate of drug-likeness (QED) is 0.566. The highest BCUT2D eigenvalue weighted by molar-refractivity contribution is 6.02. The number of fused-ring (bicyclic) bond motifs is 2. The van der Waals surface area contributed by atoms with Crippen LogP contribution in [0.4, 0.5) is 5.82 Å². The number of hydrogen-bond donors (Lipinski definition) is 3. The second-order valence-corrected chi connectivity index (χ2v) is 8.59. The Morgan fingerprint density at radius 1 is 1.26 bits per heavy atom. The maximum atomic E-state index is 14.1. The third-order valence-corrected chi connectivity index (χ3v) is 6.37. The normalized spacial score (nSPS) is 18.7. The van der Waals surface area contributed by atoms with Gasteiger partial charge in [0.2, 0.25) is 11.8 Å². The second kappa shape index (κ2) is 7.77. The van der Waals surface area contributed by atoms with Crippen molar-refractivity contribution < 1.29 is 9.59 Å². The average Bonchev–Trinajstić information content (AvgIpc) is 3.34. The van der Waals surface area contributed by atoms with Crippen LogP contribution in [-0.2, 0) is 16.0 Å². The molecule has 1 aromatic carbocycles. The van der Waals surface area contributed by atoms with E-state index in [-0.39, 0.29) is 17.9 Å². The first-order chi connectivity index (χ1) is 14.8. The molecule has 8 nitrogen and oxygen atoms in total. The van der Waals surface area contributed by atoms with Crippen molar-refractivity contribution in [1.82, 2.24) is 20.3 Å². The minimum absolute atomic E-state index is 0.137. The van der Waals surface area contributed by atoms with Crippen LogP contribution in [0.3, 0.4) is 0 Å². The number of H-pyrrole nitrogens is 1. The summed E-state index contributed by atoms with van der Waals surface area (Å²) >= 11 is 0. The highest BCUT2D eigenvalue weighted by atomic mass is 16.2. The van der Waals surface area contributed by atoms with Gasteiger partial charge in [0.1, 0.15) is 23.2 Å². The van der Waals surface area contributed by atoms with Crippen molar-refractivity contribution in [3.05, 3.63) is 54.0 Å². The van der Waals surface area contributed by atoms with Crippen molar-refractivity contribution in [2.24, 2.45) is 17.6 Å². The molecule has 4 N–H and O–H groups in total. The molecule has 2 amide bonds. The highest BCUT2D eigenvalue weighted by Crippen LogP contribution is 2.41. The van der Waals surface area contributed by atoms with Crippen molar-refractivity contribution >= 4 is 28.7 Å². The lowest BCUT2D eigenvalue weighted by Crippen LogP contribution is -2.62. The Balaban J connectivity index is 1.83. The molecule has 31 heavy (non-hydrogen) atoms. The summed E-state index contributed by atoms with van der Waals surface area (Å²) in [6.45, 7) is 5.53. The topological polar surface area (TPSA) is 117 Å². The Morgan fingerprint density at radius 3 is 2.65 bits per heavy atom. The number of rotatable bonds is 6. The molecule has 0 spiro atoms. The van der Waals surface area contributed by atoms with E-state index in [9.17, 15) is 9.59 Å². The number of primary amides is 1. The molecular formula is C23H28N6O2. The Hall–Kier alpha value is -3.26. The van der Waals surface area contributed by atoms with Crippen LogP contribution < -0.4 is 16.0 Å². The van der Waals surface area contributed by atoms with Gasteiger partial charge in [-0.25, -0.2) is 9.97 Å². The minimum Gasteiger partial charge on any atom is -0.368 e. The predicted molar refractivity (Wildman–Crippen MR) is 119 cm³/mol. The summed E-state index contributed by atoms with van der Waals surface area (Å²) in [7, 11) is 1.65. The van der Waals surface area contributed by atoms with E-state index in [0.29, 0.717) is 18.1 Å². The molecule has 0 saturated heterocycles. The molecule has 4 rings (SSSR count). The number of likely N-dealkylation sites (N-methyl/N-ethyl adjacent to an activating group) is 1. The standard InChI is InChI=1S/C23H28N6O2/c1-13(2)18(23(3,25-4)22(24)31)21(30)29-17(12-14-8-7-11-26-20(14)29)19-27-15-9-5-6-10-16(15)28-19/h5-11,13,17-18,25H,12H2,1-4H3,(H2,24,31)(H,27,28)/t17-,18-,23?/m1/s1. The lowest BCUT2D eigenvalue weighted by Gasteiger charge is -2.39. The van der Waals surface area contributed by atoms with Crippen LogP contribution in [0.25, 0.3) is 11.0 Å². The SMILES string of the molecule is CNC(C)(C(N)=O)[C@@H](C(=O)N1c2ncccc2C[C@@H]1c1nc2ccccc2[nH]1)C(C)C. The third kappa shape index (κ3) is 3.37. The number of nitrogens with two attached hydrogens (primary N) is 1. The fraction of sp³-hybridized carbons (Fsp3) is 0.391. The van der Waals surface area contributed by atoms with Crippen LogP contribution in [0, 0.1) is 11.8 Å². The van der Waals surface area contributed by atoms with Crippen LogP contribution in [0.1, 0.15) is 38.2 Å². The molecule has 0 radical (unpaired) electrons. The number of nitrogens with zero attached hydrogens (tertiary/aromatic N) is 3. The Bertz CT molecular complexity index is 1110. The molecular weight excluding hydrogens is 392 g/mol. The van der Waals surface area contributed by atoms with Gasteiger partial charge in [-0.1, -0.05) is 32.0 Å². The van der Waals surface area contributed by atoms with Crippen LogP contribution in [0.15, 0.2) is 42.6 Å². The Labute approximate surface area is 181 Å². The van der Waals surface area contributed by atoms with E-state index in [1.165, 1.54) is 0 Å². The first-order valence-corrected chi connectivity index (χ1v) is 10.5. The molecule has 0 fully saturated rings. The highest BCUT2D eigenvalue weighted by Gasteiger charge is 2.49. The van der Waals surface area contributed by atoms with Crippen molar-refractivity contribution in [2.75, 3.05) is 11.9 Å². The van der Waals surface area contributed by atoms with Crippen LogP contribution in [-0.4, -0.2) is 39.4 Å². The van der Waals surface area contributed by atoms with Gasteiger partial charge in [-0.15, -0.1) is 0 Å². The van der Waals surface area contributed by atoms with Gasteiger partial charge in [-0.05, 0) is 43.7 Å². The fourth-order valence-corrected chi connectivity index (χ4v) is 4.64. The summed E-state index contributed by atoms with van der Waals surface area (Å²) in [5.74, 6) is -0.292. The van der Waals surface area contributed by atoms with Gasteiger partial charge >= 0.3 is 0 Å². The van der Waals surface area contributed by atoms with Crippen molar-refractivity contribution in [1.29, 1.82) is 0 Å². The van der Waals surface area contributed by atoms with Gasteiger partial charge in [-0.2, -0.15) is 0 Å². The van der Waals surface area contributed by atoms with Crippen molar-refractivity contribution in [3.63, 3.8) is 0 Å². The monoisotopic (exact) mass is 420 g/mol. The molecule has 3 heterocycles. The van der Waals surface area contributed by atoms with Crippen molar-refractivity contribution in [2.45, 2.75) is 38.8 Å². The number of para-hydroxylation sites is 2. The summed E-state index contributed by atoms with van der Waals surface area (Å²) in [4.78, 5) is 40.8. The zero-order valence-electron chi connectivity index (χ0n) is 18.2. The number of aromatic amines is 1. The lowest BCUT2D eigenvalue weighted by atomic mass is 9.76. The van der Waals surface area contributed by atoms with Gasteiger partial charge in [-0.3, -0.25) is 14.5 Å². The van der Waals surface area contributed by atoms with E-state index in [1.807, 2.05) is 50.2 Å². The lowest BCUT2D eigenvalue weighted by molar-refractivity contribution is -0.136. The zero-order valence-corrected chi connectivity index (χ0v) is 18.2. The molecule has 3 aromatic rings. The smallest absolute Gasteiger partial charge is 0.238 e. The average molecular weight is 421 g/mol. The van der Waals surface area contributed by atoms with E-state index in [2.05, 4.69) is 15.3 Å². The van der Waals surface area contributed by atoms with Crippen LogP contribution >= 0.6 is 0 Å². The number of nitrogens with one attached hydrogen (secondary N) is 2. The Morgan fingerprint density at radius 2 is 2.00 bits per heavy atom. The largest absolute Gasteiger partial charge is 0.368 e. The number of amides is 2. The number of pyridine rings is 1. The summed E-state index contributed by atoms with van der Waals surface area (Å²) in [6.07, 6.45) is 2.27. The molecule has 2 aromatic heterocycles. The van der Waals surface area contributed by atoms with Gasteiger partial charge in [0.05, 0.1) is 17.0 Å². The second-order valence-electron chi connectivity index (χ2n) is 8.59. The molecule has 0 bridgehead atoms. The number of carbonyl (C=O) groups is 2. The Kier molecular flexibility index (Phi) is 5.26. The molecule has 1 aliphatic heterocycles. The van der Waals surface area contributed by atoms with Crippen LogP contribution in [0.5, 0.6) is 0 Å². The molecule has 3 atom stereocenters. The zero-order chi connectivity index (χ0) is 22.3. The molecule has 1 aliphatic rings. The fourth-order valence-electron chi connectivity index (χ4n) is 4.64. The molecule has 162 valence electrons. The van der Waals surface area contributed by atoms with Gasteiger partial charge < -0.3 is 16.0 Å². The summed E-state index contributed by atoms with van der Waals surface area (Å²) < 4.78 is 0. The number of imidazole rings is 1. The number of hydrogen-bond acceptors (Lipinski definition) is 5. The number of anilines is 1. The summed E-state index contributed by atoms with van der Waals surface area (Å²) in [5, 5.41) is 3.00. The maximum Gasteiger partial charge on any atom is 0.238 e. The van der Waals surface area contributed by atoms with E-state index in [4.69, 9.17) is 10.7 Å². The van der Waals surface area contributed by atoms with Gasteiger partial charge in [0.25, 0.3) is 0 Å². The molecule has 8 heteroatoms. The van der Waals surface area contributed by atoms with Gasteiger partial charge in [0.15, 0.2) is 0 Å². The van der Waals surface area contributed by atoms with E-state index in [1.54, 1.807) is 25.1 Å². The van der Waals surface area contributed by atoms with Gasteiger partial charge in [0, 0.05) is 12.6 Å². The number of benzene rings is 1.